The van der Waals surface area contributed by atoms with Crippen LogP contribution in [0.5, 0.6) is 0 Å². The van der Waals surface area contributed by atoms with Gasteiger partial charge >= 0.3 is 0 Å². The van der Waals surface area contributed by atoms with Crippen molar-refractivity contribution in [3.63, 3.8) is 0 Å². The second-order valence-electron chi connectivity index (χ2n) is 3.88. The Morgan fingerprint density at radius 1 is 1.55 bits per heavy atom. The third-order valence-electron chi connectivity index (χ3n) is 2.81. The van der Waals surface area contributed by atoms with Gasteiger partial charge in [0.25, 0.3) is 0 Å². The summed E-state index contributed by atoms with van der Waals surface area (Å²) in [4.78, 5) is 0. The average molecular weight is 167 g/mol. The standard InChI is InChI=1S/C9H13NS/c1-9(2)7(8(9)10)6-3-4-11-5-6/h3-5,7-8H,10H2,1-2H3/t7-,8-/m1/s1. The highest BCUT2D eigenvalue weighted by Crippen LogP contribution is 2.57. The van der Waals surface area contributed by atoms with Gasteiger partial charge in [-0.05, 0) is 27.8 Å². The van der Waals surface area contributed by atoms with Gasteiger partial charge in [-0.3, -0.25) is 0 Å². The van der Waals surface area contributed by atoms with Gasteiger partial charge in [-0.2, -0.15) is 11.3 Å². The summed E-state index contributed by atoms with van der Waals surface area (Å²) in [5.74, 6) is 0.605. The fourth-order valence-corrected chi connectivity index (χ4v) is 2.46. The molecule has 1 aromatic heterocycles. The molecule has 1 heterocycles. The molecule has 1 aromatic rings. The molecular formula is C9H13NS. The van der Waals surface area contributed by atoms with Crippen molar-refractivity contribution >= 4 is 11.3 Å². The summed E-state index contributed by atoms with van der Waals surface area (Å²) in [6, 6.07) is 2.56. The summed E-state index contributed by atoms with van der Waals surface area (Å²) in [6.45, 7) is 4.47. The lowest BCUT2D eigenvalue weighted by molar-refractivity contribution is 0.599. The minimum atomic E-state index is 0.334. The molecular weight excluding hydrogens is 154 g/mol. The van der Waals surface area contributed by atoms with Gasteiger partial charge in [0.1, 0.15) is 0 Å². The minimum absolute atomic E-state index is 0.334. The molecule has 0 saturated heterocycles. The molecule has 2 rings (SSSR count). The lowest BCUT2D eigenvalue weighted by Gasteiger charge is -1.97. The molecule has 0 aliphatic heterocycles. The lowest BCUT2D eigenvalue weighted by Crippen LogP contribution is -2.06. The number of hydrogen-bond acceptors (Lipinski definition) is 2. The Bertz CT molecular complexity index is 251. The van der Waals surface area contributed by atoms with E-state index in [-0.39, 0.29) is 0 Å². The number of thiophene rings is 1. The molecule has 0 spiro atoms. The van der Waals surface area contributed by atoms with Gasteiger partial charge in [0.05, 0.1) is 0 Å². The number of hydrogen-bond donors (Lipinski definition) is 1. The van der Waals surface area contributed by atoms with Crippen molar-refractivity contribution in [1.82, 2.24) is 0 Å². The highest BCUT2D eigenvalue weighted by atomic mass is 32.1. The van der Waals surface area contributed by atoms with Crippen LogP contribution in [0.2, 0.25) is 0 Å². The predicted octanol–water partition coefficient (Wildman–Crippen LogP) is 2.20. The van der Waals surface area contributed by atoms with E-state index in [0.717, 1.165) is 0 Å². The van der Waals surface area contributed by atoms with E-state index in [9.17, 15) is 0 Å². The molecule has 1 fully saturated rings. The molecule has 2 N–H and O–H groups in total. The quantitative estimate of drug-likeness (QED) is 0.681. The Kier molecular flexibility index (Phi) is 1.38. The zero-order valence-electron chi connectivity index (χ0n) is 6.87. The van der Waals surface area contributed by atoms with Crippen LogP contribution in [0.15, 0.2) is 16.8 Å². The molecule has 0 aromatic carbocycles. The highest BCUT2D eigenvalue weighted by Gasteiger charge is 2.56. The van der Waals surface area contributed by atoms with Crippen molar-refractivity contribution in [2.45, 2.75) is 25.8 Å². The van der Waals surface area contributed by atoms with Gasteiger partial charge in [-0.15, -0.1) is 0 Å². The van der Waals surface area contributed by atoms with Crippen LogP contribution in [-0.2, 0) is 0 Å². The van der Waals surface area contributed by atoms with Crippen LogP contribution < -0.4 is 5.73 Å². The van der Waals surface area contributed by atoms with E-state index < -0.39 is 0 Å². The molecule has 0 amide bonds. The molecule has 0 radical (unpaired) electrons. The summed E-state index contributed by atoms with van der Waals surface area (Å²) >= 11 is 1.76. The monoisotopic (exact) mass is 167 g/mol. The third kappa shape index (κ3) is 0.932. The van der Waals surface area contributed by atoms with E-state index in [1.54, 1.807) is 11.3 Å². The van der Waals surface area contributed by atoms with Gasteiger partial charge in [0, 0.05) is 12.0 Å². The van der Waals surface area contributed by atoms with Crippen molar-refractivity contribution in [2.24, 2.45) is 11.1 Å². The largest absolute Gasteiger partial charge is 0.327 e. The summed E-state index contributed by atoms with van der Waals surface area (Å²) in [7, 11) is 0. The van der Waals surface area contributed by atoms with Crippen molar-refractivity contribution in [3.8, 4) is 0 Å². The first-order valence-corrected chi connectivity index (χ1v) is 4.86. The summed E-state index contributed by atoms with van der Waals surface area (Å²) in [6.07, 6.45) is 0. The summed E-state index contributed by atoms with van der Waals surface area (Å²) in [5, 5.41) is 4.33. The minimum Gasteiger partial charge on any atom is -0.327 e. The van der Waals surface area contributed by atoms with Crippen LogP contribution in [0.25, 0.3) is 0 Å². The Balaban J connectivity index is 2.23. The maximum absolute atomic E-state index is 5.94. The van der Waals surface area contributed by atoms with Gasteiger partial charge in [0.15, 0.2) is 0 Å². The lowest BCUT2D eigenvalue weighted by atomic mass is 10.1. The zero-order valence-corrected chi connectivity index (χ0v) is 7.69. The molecule has 2 heteroatoms. The maximum atomic E-state index is 5.94. The van der Waals surface area contributed by atoms with Crippen LogP contribution in [0.3, 0.4) is 0 Å². The van der Waals surface area contributed by atoms with Crippen molar-refractivity contribution in [2.75, 3.05) is 0 Å². The van der Waals surface area contributed by atoms with Gasteiger partial charge in [-0.25, -0.2) is 0 Å². The molecule has 1 saturated carbocycles. The molecule has 0 bridgehead atoms. The Morgan fingerprint density at radius 2 is 2.18 bits per heavy atom. The predicted molar refractivity (Wildman–Crippen MR) is 48.8 cm³/mol. The first-order chi connectivity index (χ1) is 5.14. The molecule has 0 unspecified atom stereocenters. The summed E-state index contributed by atoms with van der Waals surface area (Å²) < 4.78 is 0. The van der Waals surface area contributed by atoms with Crippen molar-refractivity contribution in [3.05, 3.63) is 22.4 Å². The van der Waals surface area contributed by atoms with E-state index in [1.165, 1.54) is 5.56 Å². The number of rotatable bonds is 1. The van der Waals surface area contributed by atoms with Crippen molar-refractivity contribution in [1.29, 1.82) is 0 Å². The van der Waals surface area contributed by atoms with Gasteiger partial charge in [-0.1, -0.05) is 13.8 Å². The molecule has 60 valence electrons. The smallest absolute Gasteiger partial charge is 0.0172 e. The van der Waals surface area contributed by atoms with E-state index in [2.05, 4.69) is 30.7 Å². The van der Waals surface area contributed by atoms with Crippen LogP contribution in [0, 0.1) is 5.41 Å². The highest BCUT2D eigenvalue weighted by molar-refractivity contribution is 7.08. The van der Waals surface area contributed by atoms with Crippen LogP contribution >= 0.6 is 11.3 Å². The average Bonchev–Trinajstić information content (AvgIpc) is 2.40. The normalized spacial score (nSPS) is 33.7. The van der Waals surface area contributed by atoms with Crippen LogP contribution in [0.1, 0.15) is 25.3 Å². The first kappa shape index (κ1) is 7.32. The van der Waals surface area contributed by atoms with Crippen molar-refractivity contribution < 1.29 is 0 Å². The van der Waals surface area contributed by atoms with E-state index in [0.29, 0.717) is 17.4 Å². The molecule has 11 heavy (non-hydrogen) atoms. The van der Waals surface area contributed by atoms with E-state index >= 15 is 0 Å². The van der Waals surface area contributed by atoms with E-state index in [1.807, 2.05) is 0 Å². The van der Waals surface area contributed by atoms with Gasteiger partial charge in [0.2, 0.25) is 0 Å². The van der Waals surface area contributed by atoms with Crippen LogP contribution in [0.4, 0.5) is 0 Å². The second-order valence-corrected chi connectivity index (χ2v) is 4.66. The maximum Gasteiger partial charge on any atom is 0.0172 e. The topological polar surface area (TPSA) is 26.0 Å². The third-order valence-corrected chi connectivity index (χ3v) is 3.51. The van der Waals surface area contributed by atoms with Crippen LogP contribution in [-0.4, -0.2) is 6.04 Å². The number of nitrogens with two attached hydrogens (primary N) is 1. The molecule has 1 nitrogen and oxygen atoms in total. The SMILES string of the molecule is CC1(C)[C@H](N)[C@H]1c1ccsc1. The Morgan fingerprint density at radius 3 is 2.55 bits per heavy atom. The van der Waals surface area contributed by atoms with E-state index in [4.69, 9.17) is 5.73 Å². The fourth-order valence-electron chi connectivity index (χ4n) is 1.77. The first-order valence-electron chi connectivity index (χ1n) is 3.91. The Hall–Kier alpha value is -0.340. The molecule has 2 atom stereocenters. The second kappa shape index (κ2) is 2.08. The zero-order chi connectivity index (χ0) is 8.06. The fraction of sp³-hybridized carbons (Fsp3) is 0.556. The van der Waals surface area contributed by atoms with Gasteiger partial charge < -0.3 is 5.73 Å². The molecule has 1 aliphatic rings. The summed E-state index contributed by atoms with van der Waals surface area (Å²) in [5.41, 5.74) is 7.70. The Labute approximate surface area is 71.2 Å². The molecule has 1 aliphatic carbocycles.